The highest BCUT2D eigenvalue weighted by Gasteiger charge is 2.13. The molecule has 0 saturated carbocycles. The molecule has 6 heteroatoms. The summed E-state index contributed by atoms with van der Waals surface area (Å²) < 4.78 is 30.6. The average molecular weight is 216 g/mol. The number of rotatable bonds is 4. The van der Waals surface area contributed by atoms with Crippen molar-refractivity contribution in [2.75, 3.05) is 13.2 Å². The molecule has 1 rings (SSSR count). The molecule has 0 aliphatic rings. The highest BCUT2D eigenvalue weighted by atomic mass is 19.1. The Hall–Kier alpha value is -1.56. The molecule has 15 heavy (non-hydrogen) atoms. The molecule has 0 unspecified atom stereocenters. The smallest absolute Gasteiger partial charge is 0.153 e. The van der Waals surface area contributed by atoms with Crippen LogP contribution in [0.2, 0.25) is 0 Å². The van der Waals surface area contributed by atoms with Crippen LogP contribution < -0.4 is 0 Å². The lowest BCUT2D eigenvalue weighted by Crippen LogP contribution is -2.14. The van der Waals surface area contributed by atoms with Crippen molar-refractivity contribution in [1.82, 2.24) is 4.98 Å². The molecule has 82 valence electrons. The molecule has 0 amide bonds. The quantitative estimate of drug-likeness (QED) is 0.472. The molecule has 0 aliphatic heterocycles. The number of halogens is 2. The van der Waals surface area contributed by atoms with Crippen molar-refractivity contribution >= 4 is 5.71 Å². The van der Waals surface area contributed by atoms with Crippen LogP contribution in [0.4, 0.5) is 8.78 Å². The standard InChI is InChI=1S/C9H10F2N2O2/c1-2-15-5-8(13-14)9-7(11)3-6(10)4-12-9/h3-4,14H,2,5H2,1H3. The van der Waals surface area contributed by atoms with Gasteiger partial charge in [-0.15, -0.1) is 0 Å². The number of hydrogen-bond donors (Lipinski definition) is 1. The van der Waals surface area contributed by atoms with Crippen LogP contribution in [0.1, 0.15) is 12.6 Å². The third kappa shape index (κ3) is 2.95. The Morgan fingerprint density at radius 1 is 1.60 bits per heavy atom. The molecular weight excluding hydrogens is 206 g/mol. The first-order chi connectivity index (χ1) is 7.19. The predicted octanol–water partition coefficient (Wildman–Crippen LogP) is 1.57. The van der Waals surface area contributed by atoms with E-state index in [4.69, 9.17) is 9.94 Å². The Balaban J connectivity index is 2.93. The van der Waals surface area contributed by atoms with Gasteiger partial charge in [-0.2, -0.15) is 0 Å². The van der Waals surface area contributed by atoms with Crippen LogP contribution in [-0.2, 0) is 4.74 Å². The average Bonchev–Trinajstić information content (AvgIpc) is 2.21. The normalized spacial score (nSPS) is 11.8. The van der Waals surface area contributed by atoms with Crippen LogP contribution in [0.5, 0.6) is 0 Å². The highest BCUT2D eigenvalue weighted by molar-refractivity contribution is 5.99. The second-order valence-corrected chi connectivity index (χ2v) is 2.67. The Kier molecular flexibility index (Phi) is 4.11. The zero-order valence-corrected chi connectivity index (χ0v) is 8.07. The maximum absolute atomic E-state index is 13.2. The van der Waals surface area contributed by atoms with Gasteiger partial charge in [-0.3, -0.25) is 0 Å². The fraction of sp³-hybridized carbons (Fsp3) is 0.333. The van der Waals surface area contributed by atoms with Gasteiger partial charge in [0.1, 0.15) is 17.2 Å². The number of aromatic nitrogens is 1. The van der Waals surface area contributed by atoms with Crippen molar-refractivity contribution in [2.45, 2.75) is 6.92 Å². The lowest BCUT2D eigenvalue weighted by molar-refractivity contribution is 0.183. The van der Waals surface area contributed by atoms with Crippen molar-refractivity contribution in [1.29, 1.82) is 0 Å². The molecule has 1 aromatic heterocycles. The Bertz CT molecular complexity index is 369. The third-order valence-corrected chi connectivity index (χ3v) is 1.64. The van der Waals surface area contributed by atoms with E-state index in [-0.39, 0.29) is 18.0 Å². The summed E-state index contributed by atoms with van der Waals surface area (Å²) in [5.74, 6) is -1.67. The van der Waals surface area contributed by atoms with Crippen molar-refractivity contribution in [3.05, 3.63) is 29.6 Å². The number of pyridine rings is 1. The zero-order chi connectivity index (χ0) is 11.3. The van der Waals surface area contributed by atoms with Gasteiger partial charge >= 0.3 is 0 Å². The first-order valence-corrected chi connectivity index (χ1v) is 4.29. The van der Waals surface area contributed by atoms with Gasteiger partial charge in [-0.1, -0.05) is 5.16 Å². The van der Waals surface area contributed by atoms with Crippen LogP contribution in [0, 0.1) is 11.6 Å². The summed E-state index contributed by atoms with van der Waals surface area (Å²) in [6.45, 7) is 2.05. The largest absolute Gasteiger partial charge is 0.411 e. The molecule has 0 aromatic carbocycles. The molecule has 1 aromatic rings. The van der Waals surface area contributed by atoms with Crippen LogP contribution in [0.15, 0.2) is 17.4 Å². The summed E-state index contributed by atoms with van der Waals surface area (Å²) in [5.41, 5.74) is -0.290. The molecule has 0 aliphatic carbocycles. The van der Waals surface area contributed by atoms with Gasteiger partial charge in [0.15, 0.2) is 5.82 Å². The summed E-state index contributed by atoms with van der Waals surface area (Å²) in [4.78, 5) is 3.48. The van der Waals surface area contributed by atoms with Crippen LogP contribution in [-0.4, -0.2) is 29.1 Å². The van der Waals surface area contributed by atoms with Gasteiger partial charge in [0, 0.05) is 12.7 Å². The maximum Gasteiger partial charge on any atom is 0.153 e. The molecular formula is C9H10F2N2O2. The topological polar surface area (TPSA) is 54.7 Å². The summed E-state index contributed by atoms with van der Waals surface area (Å²) >= 11 is 0. The predicted molar refractivity (Wildman–Crippen MR) is 49.0 cm³/mol. The van der Waals surface area contributed by atoms with Crippen LogP contribution in [0.25, 0.3) is 0 Å². The number of oxime groups is 1. The monoisotopic (exact) mass is 216 g/mol. The van der Waals surface area contributed by atoms with Gasteiger partial charge in [-0.25, -0.2) is 13.8 Å². The van der Waals surface area contributed by atoms with Gasteiger partial charge in [-0.05, 0) is 6.92 Å². The summed E-state index contributed by atoms with van der Waals surface area (Å²) in [7, 11) is 0. The van der Waals surface area contributed by atoms with E-state index in [2.05, 4.69) is 10.1 Å². The minimum absolute atomic E-state index is 0.0747. The molecule has 0 saturated heterocycles. The first-order valence-electron chi connectivity index (χ1n) is 4.29. The van der Waals surface area contributed by atoms with E-state index < -0.39 is 11.6 Å². The molecule has 0 spiro atoms. The van der Waals surface area contributed by atoms with Crippen LogP contribution in [0.3, 0.4) is 0 Å². The Morgan fingerprint density at radius 2 is 2.33 bits per heavy atom. The summed E-state index contributed by atoms with van der Waals surface area (Å²) in [6.07, 6.45) is 0.843. The SMILES string of the molecule is CCOCC(=NO)c1ncc(F)cc1F. The molecule has 1 N–H and O–H groups in total. The lowest BCUT2D eigenvalue weighted by atomic mass is 10.2. The van der Waals surface area contributed by atoms with Crippen molar-refractivity contribution in [3.8, 4) is 0 Å². The van der Waals surface area contributed by atoms with Gasteiger partial charge in [0.05, 0.1) is 12.8 Å². The Labute approximate surface area is 85.2 Å². The van der Waals surface area contributed by atoms with E-state index in [0.29, 0.717) is 12.7 Å². The second kappa shape index (κ2) is 5.35. The van der Waals surface area contributed by atoms with Crippen molar-refractivity contribution in [2.24, 2.45) is 5.16 Å². The Morgan fingerprint density at radius 3 is 2.87 bits per heavy atom. The maximum atomic E-state index is 13.2. The third-order valence-electron chi connectivity index (χ3n) is 1.64. The fourth-order valence-corrected chi connectivity index (χ4v) is 0.970. The molecule has 0 bridgehead atoms. The molecule has 0 atom stereocenters. The first kappa shape index (κ1) is 11.5. The minimum Gasteiger partial charge on any atom is -0.411 e. The van der Waals surface area contributed by atoms with Crippen molar-refractivity contribution in [3.63, 3.8) is 0 Å². The van der Waals surface area contributed by atoms with E-state index in [1.807, 2.05) is 0 Å². The van der Waals surface area contributed by atoms with E-state index in [9.17, 15) is 8.78 Å². The van der Waals surface area contributed by atoms with Crippen LogP contribution >= 0.6 is 0 Å². The number of nitrogens with zero attached hydrogens (tertiary/aromatic N) is 2. The van der Waals surface area contributed by atoms with E-state index in [0.717, 1.165) is 6.20 Å². The van der Waals surface area contributed by atoms with Gasteiger partial charge in [0.2, 0.25) is 0 Å². The van der Waals surface area contributed by atoms with Crippen molar-refractivity contribution < 1.29 is 18.7 Å². The van der Waals surface area contributed by atoms with E-state index in [1.165, 1.54) is 0 Å². The summed E-state index contributed by atoms with van der Waals surface area (Å²) in [6, 6.07) is 0.666. The summed E-state index contributed by atoms with van der Waals surface area (Å²) in [5, 5.41) is 11.5. The minimum atomic E-state index is -0.887. The highest BCUT2D eigenvalue weighted by Crippen LogP contribution is 2.07. The van der Waals surface area contributed by atoms with E-state index >= 15 is 0 Å². The molecule has 0 fully saturated rings. The number of ether oxygens (including phenoxy) is 1. The lowest BCUT2D eigenvalue weighted by Gasteiger charge is -2.04. The second-order valence-electron chi connectivity index (χ2n) is 2.67. The molecule has 4 nitrogen and oxygen atoms in total. The van der Waals surface area contributed by atoms with Gasteiger partial charge < -0.3 is 9.94 Å². The fourth-order valence-electron chi connectivity index (χ4n) is 0.970. The zero-order valence-electron chi connectivity index (χ0n) is 8.07. The van der Waals surface area contributed by atoms with E-state index in [1.54, 1.807) is 6.92 Å². The molecule has 0 radical (unpaired) electrons. The van der Waals surface area contributed by atoms with Gasteiger partial charge in [0.25, 0.3) is 0 Å². The number of hydrogen-bond acceptors (Lipinski definition) is 4. The molecule has 1 heterocycles.